The van der Waals surface area contributed by atoms with E-state index in [9.17, 15) is 18.0 Å². The van der Waals surface area contributed by atoms with E-state index in [1.54, 1.807) is 54.9 Å². The van der Waals surface area contributed by atoms with Crippen LogP contribution in [0.3, 0.4) is 0 Å². The average Bonchev–Trinajstić information content (AvgIpc) is 3.16. The SMILES string of the molecule is O=C(NCc1cccnc1)c1cnn2c1N[C@H](c1ccccc1)C[C@H]2C(F)(F)F. The lowest BCUT2D eigenvalue weighted by molar-refractivity contribution is -0.173. The average molecular weight is 401 g/mol. The number of carbonyl (C=O) groups is 1. The molecule has 0 spiro atoms. The monoisotopic (exact) mass is 401 g/mol. The normalized spacial score (nSPS) is 18.6. The largest absolute Gasteiger partial charge is 0.410 e. The van der Waals surface area contributed by atoms with Crippen LogP contribution in [0.5, 0.6) is 0 Å². The third-order valence-corrected chi connectivity index (χ3v) is 4.86. The summed E-state index contributed by atoms with van der Waals surface area (Å²) in [6.07, 6.45) is -0.299. The number of nitrogens with zero attached hydrogens (tertiary/aromatic N) is 3. The van der Waals surface area contributed by atoms with Crippen LogP contribution in [0.2, 0.25) is 0 Å². The first-order valence-electron chi connectivity index (χ1n) is 9.06. The maximum atomic E-state index is 13.7. The fraction of sp³-hybridized carbons (Fsp3) is 0.250. The molecule has 2 atom stereocenters. The predicted octanol–water partition coefficient (Wildman–Crippen LogP) is 3.87. The number of alkyl halides is 3. The number of pyridine rings is 1. The van der Waals surface area contributed by atoms with Crippen molar-refractivity contribution in [3.8, 4) is 0 Å². The Labute approximate surface area is 164 Å². The summed E-state index contributed by atoms with van der Waals surface area (Å²) in [5.74, 6) is -0.437. The van der Waals surface area contributed by atoms with Crippen LogP contribution >= 0.6 is 0 Å². The second kappa shape index (κ2) is 7.57. The Kier molecular flexibility index (Phi) is 4.96. The van der Waals surface area contributed by atoms with Crippen molar-refractivity contribution in [3.63, 3.8) is 0 Å². The molecule has 0 unspecified atom stereocenters. The molecule has 4 rings (SSSR count). The summed E-state index contributed by atoms with van der Waals surface area (Å²) < 4.78 is 41.9. The molecule has 150 valence electrons. The second-order valence-corrected chi connectivity index (χ2v) is 6.80. The van der Waals surface area contributed by atoms with Crippen LogP contribution in [0.1, 0.15) is 40.0 Å². The van der Waals surface area contributed by atoms with Gasteiger partial charge in [0.1, 0.15) is 11.4 Å². The highest BCUT2D eigenvalue weighted by Gasteiger charge is 2.47. The Balaban J connectivity index is 1.62. The first-order chi connectivity index (χ1) is 13.9. The molecule has 3 aromatic rings. The molecule has 6 nitrogen and oxygen atoms in total. The van der Waals surface area contributed by atoms with E-state index in [2.05, 4.69) is 20.7 Å². The second-order valence-electron chi connectivity index (χ2n) is 6.80. The van der Waals surface area contributed by atoms with Crippen molar-refractivity contribution in [2.75, 3.05) is 5.32 Å². The topological polar surface area (TPSA) is 71.8 Å². The molecular weight excluding hydrogens is 383 g/mol. The van der Waals surface area contributed by atoms with E-state index >= 15 is 0 Å². The van der Waals surface area contributed by atoms with E-state index in [-0.39, 0.29) is 24.3 Å². The maximum Gasteiger partial charge on any atom is 0.410 e. The Hall–Kier alpha value is -3.36. The Morgan fingerprint density at radius 3 is 2.66 bits per heavy atom. The van der Waals surface area contributed by atoms with Crippen LogP contribution < -0.4 is 10.6 Å². The third-order valence-electron chi connectivity index (χ3n) is 4.86. The molecule has 0 fully saturated rings. The zero-order valence-corrected chi connectivity index (χ0v) is 15.2. The van der Waals surface area contributed by atoms with Gasteiger partial charge in [-0.15, -0.1) is 0 Å². The van der Waals surface area contributed by atoms with Crippen molar-refractivity contribution < 1.29 is 18.0 Å². The summed E-state index contributed by atoms with van der Waals surface area (Å²) in [6.45, 7) is 0.210. The highest BCUT2D eigenvalue weighted by Crippen LogP contribution is 2.44. The van der Waals surface area contributed by atoms with E-state index in [0.29, 0.717) is 0 Å². The van der Waals surface area contributed by atoms with Gasteiger partial charge in [-0.25, -0.2) is 4.68 Å². The highest BCUT2D eigenvalue weighted by molar-refractivity contribution is 5.98. The van der Waals surface area contributed by atoms with E-state index in [1.165, 1.54) is 6.20 Å². The number of carbonyl (C=O) groups excluding carboxylic acids is 1. The molecule has 2 N–H and O–H groups in total. The quantitative estimate of drug-likeness (QED) is 0.696. The molecule has 2 aromatic heterocycles. The number of halogens is 3. The van der Waals surface area contributed by atoms with Crippen LogP contribution in [-0.4, -0.2) is 26.8 Å². The Bertz CT molecular complexity index is 988. The molecule has 0 bridgehead atoms. The summed E-state index contributed by atoms with van der Waals surface area (Å²) in [4.78, 5) is 16.6. The number of hydrogen-bond acceptors (Lipinski definition) is 4. The molecule has 1 aliphatic heterocycles. The standard InChI is InChI=1S/C20H18F3N5O/c21-20(22,23)17-9-16(14-6-2-1-3-7-14)27-18-15(12-26-28(17)18)19(29)25-11-13-5-4-8-24-10-13/h1-8,10,12,16-17,27H,9,11H2,(H,25,29)/t16-,17-/m0/s1. The van der Waals surface area contributed by atoms with Crippen molar-refractivity contribution >= 4 is 11.7 Å². The fourth-order valence-electron chi connectivity index (χ4n) is 3.41. The van der Waals surface area contributed by atoms with Gasteiger partial charge in [0.25, 0.3) is 5.91 Å². The molecule has 0 saturated heterocycles. The minimum Gasteiger partial charge on any atom is -0.363 e. The Morgan fingerprint density at radius 2 is 1.97 bits per heavy atom. The number of nitrogens with one attached hydrogen (secondary N) is 2. The van der Waals surface area contributed by atoms with Gasteiger partial charge in [-0.2, -0.15) is 18.3 Å². The number of hydrogen-bond donors (Lipinski definition) is 2. The van der Waals surface area contributed by atoms with Crippen LogP contribution in [0, 0.1) is 0 Å². The molecule has 0 saturated carbocycles. The van der Waals surface area contributed by atoms with Gasteiger partial charge in [0.05, 0.1) is 12.2 Å². The molecule has 1 aliphatic rings. The number of amides is 1. The minimum atomic E-state index is -4.49. The molecular formula is C20H18F3N5O. The molecule has 0 aliphatic carbocycles. The first kappa shape index (κ1) is 19.0. The van der Waals surface area contributed by atoms with Gasteiger partial charge in [0.2, 0.25) is 0 Å². The predicted molar refractivity (Wildman–Crippen MR) is 100 cm³/mol. The maximum absolute atomic E-state index is 13.7. The number of aromatic nitrogens is 3. The van der Waals surface area contributed by atoms with Crippen LogP contribution in [0.4, 0.5) is 19.0 Å². The summed E-state index contributed by atoms with van der Waals surface area (Å²) in [5, 5.41) is 9.65. The first-order valence-corrected chi connectivity index (χ1v) is 9.06. The summed E-state index contributed by atoms with van der Waals surface area (Å²) in [7, 11) is 0. The van der Waals surface area contributed by atoms with Gasteiger partial charge in [-0.3, -0.25) is 9.78 Å². The minimum absolute atomic E-state index is 0.0658. The van der Waals surface area contributed by atoms with Crippen LogP contribution in [0.15, 0.2) is 61.1 Å². The van der Waals surface area contributed by atoms with Crippen molar-refractivity contribution in [1.82, 2.24) is 20.1 Å². The van der Waals surface area contributed by atoms with Gasteiger partial charge in [-0.05, 0) is 17.2 Å². The lowest BCUT2D eigenvalue weighted by Gasteiger charge is -2.34. The van der Waals surface area contributed by atoms with Gasteiger partial charge >= 0.3 is 6.18 Å². The van der Waals surface area contributed by atoms with Crippen LogP contribution in [0.25, 0.3) is 0 Å². The summed E-state index contributed by atoms with van der Waals surface area (Å²) >= 11 is 0. The van der Waals surface area contributed by atoms with Crippen molar-refractivity contribution in [3.05, 3.63) is 77.7 Å². The number of anilines is 1. The van der Waals surface area contributed by atoms with Crippen molar-refractivity contribution in [2.24, 2.45) is 0 Å². The van der Waals surface area contributed by atoms with Crippen molar-refractivity contribution in [2.45, 2.75) is 31.2 Å². The molecule has 0 radical (unpaired) electrons. The van der Waals surface area contributed by atoms with Gasteiger partial charge < -0.3 is 10.6 Å². The number of rotatable bonds is 4. The van der Waals surface area contributed by atoms with Gasteiger partial charge in [-0.1, -0.05) is 36.4 Å². The lowest BCUT2D eigenvalue weighted by atomic mass is 9.96. The molecule has 29 heavy (non-hydrogen) atoms. The van der Waals surface area contributed by atoms with Crippen molar-refractivity contribution in [1.29, 1.82) is 0 Å². The van der Waals surface area contributed by atoms with Crippen LogP contribution in [-0.2, 0) is 6.54 Å². The molecule has 1 amide bonds. The summed E-state index contributed by atoms with van der Waals surface area (Å²) in [5.41, 5.74) is 1.57. The Morgan fingerprint density at radius 1 is 1.17 bits per heavy atom. The number of benzene rings is 1. The zero-order chi connectivity index (χ0) is 20.4. The number of fused-ring (bicyclic) bond motifs is 1. The third kappa shape index (κ3) is 3.94. The van der Waals surface area contributed by atoms with E-state index < -0.39 is 24.2 Å². The van der Waals surface area contributed by atoms with E-state index in [0.717, 1.165) is 15.8 Å². The van der Waals surface area contributed by atoms with E-state index in [4.69, 9.17) is 0 Å². The molecule has 3 heterocycles. The lowest BCUT2D eigenvalue weighted by Crippen LogP contribution is -2.36. The summed E-state index contributed by atoms with van der Waals surface area (Å²) in [6, 6.07) is 10.0. The fourth-order valence-corrected chi connectivity index (χ4v) is 3.41. The van der Waals surface area contributed by atoms with Gasteiger partial charge in [0.15, 0.2) is 6.04 Å². The molecule has 9 heteroatoms. The molecule has 1 aromatic carbocycles. The highest BCUT2D eigenvalue weighted by atomic mass is 19.4. The smallest absolute Gasteiger partial charge is 0.363 e. The van der Waals surface area contributed by atoms with Gasteiger partial charge in [0, 0.05) is 25.4 Å². The zero-order valence-electron chi connectivity index (χ0n) is 15.2. The van der Waals surface area contributed by atoms with E-state index in [1.807, 2.05) is 0 Å².